The molecule has 0 fully saturated rings. The van der Waals surface area contributed by atoms with Crippen molar-refractivity contribution < 1.29 is 0 Å². The standard InChI is InChI=1S/C13H25N/c1-11(2)7-9-13(5,14-6)10-8-12(3)4/h11-12H,7-10H2,1-5H3. The summed E-state index contributed by atoms with van der Waals surface area (Å²) in [5, 5.41) is 0. The van der Waals surface area contributed by atoms with Gasteiger partial charge in [0.2, 0.25) is 5.54 Å². The van der Waals surface area contributed by atoms with Gasteiger partial charge in [-0.05, 0) is 24.7 Å². The Balaban J connectivity index is 4.00. The molecule has 14 heavy (non-hydrogen) atoms. The van der Waals surface area contributed by atoms with Gasteiger partial charge in [-0.1, -0.05) is 27.7 Å². The van der Waals surface area contributed by atoms with Crippen LogP contribution in [0.15, 0.2) is 0 Å². The number of hydrogen-bond donors (Lipinski definition) is 0. The fourth-order valence-corrected chi connectivity index (χ4v) is 1.44. The third kappa shape index (κ3) is 6.02. The molecule has 1 nitrogen and oxygen atoms in total. The average molecular weight is 195 g/mol. The van der Waals surface area contributed by atoms with Crippen molar-refractivity contribution in [2.45, 2.75) is 65.8 Å². The second-order valence-corrected chi connectivity index (χ2v) is 5.47. The summed E-state index contributed by atoms with van der Waals surface area (Å²) in [7, 11) is 0. The van der Waals surface area contributed by atoms with Crippen LogP contribution in [0.5, 0.6) is 0 Å². The van der Waals surface area contributed by atoms with Crippen LogP contribution >= 0.6 is 0 Å². The summed E-state index contributed by atoms with van der Waals surface area (Å²) in [6.07, 6.45) is 4.47. The van der Waals surface area contributed by atoms with Gasteiger partial charge in [-0.15, -0.1) is 0 Å². The number of nitrogens with zero attached hydrogens (tertiary/aromatic N) is 1. The molecule has 0 atom stereocenters. The van der Waals surface area contributed by atoms with Crippen LogP contribution in [0, 0.1) is 18.4 Å². The fraction of sp³-hybridized carbons (Fsp3) is 0.923. The van der Waals surface area contributed by atoms with Crippen molar-refractivity contribution in [3.05, 3.63) is 11.4 Å². The van der Waals surface area contributed by atoms with Crippen LogP contribution in [0.4, 0.5) is 0 Å². The number of hydrogen-bond acceptors (Lipinski definition) is 0. The van der Waals surface area contributed by atoms with Gasteiger partial charge in [0.25, 0.3) is 0 Å². The van der Waals surface area contributed by atoms with Gasteiger partial charge in [-0.2, -0.15) is 0 Å². The molecule has 0 aromatic carbocycles. The Morgan fingerprint density at radius 3 is 1.57 bits per heavy atom. The van der Waals surface area contributed by atoms with Gasteiger partial charge in [0, 0.05) is 19.8 Å². The molecule has 0 aliphatic heterocycles. The molecular weight excluding hydrogens is 170 g/mol. The van der Waals surface area contributed by atoms with Crippen molar-refractivity contribution in [2.24, 2.45) is 11.8 Å². The van der Waals surface area contributed by atoms with E-state index in [0.29, 0.717) is 0 Å². The lowest BCUT2D eigenvalue weighted by atomic mass is 9.86. The van der Waals surface area contributed by atoms with E-state index in [2.05, 4.69) is 39.5 Å². The molecule has 0 aliphatic rings. The molecular formula is C13H25N. The van der Waals surface area contributed by atoms with Gasteiger partial charge >= 0.3 is 0 Å². The van der Waals surface area contributed by atoms with Crippen LogP contribution < -0.4 is 0 Å². The predicted octanol–water partition coefficient (Wildman–Crippen LogP) is 4.54. The molecule has 0 heterocycles. The molecule has 0 rings (SSSR count). The summed E-state index contributed by atoms with van der Waals surface area (Å²) >= 11 is 0. The van der Waals surface area contributed by atoms with Gasteiger partial charge in [0.05, 0.1) is 0 Å². The molecule has 1 heteroatoms. The summed E-state index contributed by atoms with van der Waals surface area (Å²) in [6, 6.07) is 0. The quantitative estimate of drug-likeness (QED) is 0.548. The molecule has 0 saturated heterocycles. The normalized spacial score (nSPS) is 12.1. The SMILES string of the molecule is [C-]#[N+]C(C)(CCC(C)C)CCC(C)C. The second kappa shape index (κ2) is 6.06. The van der Waals surface area contributed by atoms with E-state index in [9.17, 15) is 0 Å². The molecule has 0 spiro atoms. The third-order valence-corrected chi connectivity index (χ3v) is 2.79. The van der Waals surface area contributed by atoms with E-state index in [-0.39, 0.29) is 5.54 Å². The van der Waals surface area contributed by atoms with E-state index in [1.807, 2.05) is 0 Å². The lowest BCUT2D eigenvalue weighted by molar-refractivity contribution is 0.381. The van der Waals surface area contributed by atoms with Gasteiger partial charge in [0.1, 0.15) is 0 Å². The van der Waals surface area contributed by atoms with E-state index in [0.717, 1.165) is 24.7 Å². The maximum atomic E-state index is 7.27. The molecule has 0 saturated carbocycles. The minimum Gasteiger partial charge on any atom is -0.311 e. The molecule has 0 amide bonds. The monoisotopic (exact) mass is 195 g/mol. The van der Waals surface area contributed by atoms with Gasteiger partial charge in [0.15, 0.2) is 0 Å². The van der Waals surface area contributed by atoms with E-state index in [4.69, 9.17) is 6.57 Å². The zero-order chi connectivity index (χ0) is 11.2. The summed E-state index contributed by atoms with van der Waals surface area (Å²) in [5.74, 6) is 1.44. The van der Waals surface area contributed by atoms with Gasteiger partial charge in [-0.25, -0.2) is 6.57 Å². The predicted molar refractivity (Wildman–Crippen MR) is 63.2 cm³/mol. The molecule has 0 aliphatic carbocycles. The van der Waals surface area contributed by atoms with Crippen molar-refractivity contribution in [3.8, 4) is 0 Å². The second-order valence-electron chi connectivity index (χ2n) is 5.47. The minimum absolute atomic E-state index is 0.103. The minimum atomic E-state index is -0.103. The lowest BCUT2D eigenvalue weighted by Gasteiger charge is -2.19. The molecule has 82 valence electrons. The summed E-state index contributed by atoms with van der Waals surface area (Å²) in [5.41, 5.74) is -0.103. The lowest BCUT2D eigenvalue weighted by Crippen LogP contribution is -2.21. The summed E-state index contributed by atoms with van der Waals surface area (Å²) in [4.78, 5) is 3.81. The zero-order valence-corrected chi connectivity index (χ0v) is 10.4. The highest BCUT2D eigenvalue weighted by Crippen LogP contribution is 2.27. The molecule has 0 N–H and O–H groups in total. The summed E-state index contributed by atoms with van der Waals surface area (Å²) in [6.45, 7) is 18.3. The highest BCUT2D eigenvalue weighted by Gasteiger charge is 2.29. The van der Waals surface area contributed by atoms with Crippen LogP contribution in [0.2, 0.25) is 0 Å². The topological polar surface area (TPSA) is 4.36 Å². The van der Waals surface area contributed by atoms with Crippen molar-refractivity contribution in [2.75, 3.05) is 0 Å². The highest BCUT2D eigenvalue weighted by molar-refractivity contribution is 4.94. The first-order valence-electron chi connectivity index (χ1n) is 5.78. The Kier molecular flexibility index (Phi) is 5.84. The Bertz CT molecular complexity index is 174. The highest BCUT2D eigenvalue weighted by atomic mass is 14.8. The molecule has 0 radical (unpaired) electrons. The fourth-order valence-electron chi connectivity index (χ4n) is 1.44. The van der Waals surface area contributed by atoms with E-state index in [1.165, 1.54) is 12.8 Å². The first kappa shape index (κ1) is 13.5. The average Bonchev–Trinajstić information content (AvgIpc) is 2.11. The van der Waals surface area contributed by atoms with E-state index >= 15 is 0 Å². The Morgan fingerprint density at radius 1 is 1.00 bits per heavy atom. The Labute approximate surface area is 89.7 Å². The Hall–Kier alpha value is -0.510. The van der Waals surface area contributed by atoms with E-state index in [1.54, 1.807) is 0 Å². The van der Waals surface area contributed by atoms with Crippen molar-refractivity contribution in [1.82, 2.24) is 0 Å². The maximum Gasteiger partial charge on any atom is 0.229 e. The van der Waals surface area contributed by atoms with Crippen LogP contribution in [0.25, 0.3) is 4.85 Å². The molecule has 0 aromatic rings. The summed E-state index contributed by atoms with van der Waals surface area (Å²) < 4.78 is 0. The zero-order valence-electron chi connectivity index (χ0n) is 10.4. The first-order chi connectivity index (χ1) is 6.39. The van der Waals surface area contributed by atoms with Crippen molar-refractivity contribution in [1.29, 1.82) is 0 Å². The molecule has 0 unspecified atom stereocenters. The van der Waals surface area contributed by atoms with Crippen molar-refractivity contribution >= 4 is 0 Å². The van der Waals surface area contributed by atoms with Crippen LogP contribution in [0.3, 0.4) is 0 Å². The van der Waals surface area contributed by atoms with Crippen LogP contribution in [-0.4, -0.2) is 5.54 Å². The first-order valence-corrected chi connectivity index (χ1v) is 5.78. The van der Waals surface area contributed by atoms with Gasteiger partial charge in [-0.3, -0.25) is 0 Å². The largest absolute Gasteiger partial charge is 0.311 e. The van der Waals surface area contributed by atoms with E-state index < -0.39 is 0 Å². The third-order valence-electron chi connectivity index (χ3n) is 2.79. The van der Waals surface area contributed by atoms with Crippen molar-refractivity contribution in [3.63, 3.8) is 0 Å². The number of rotatable bonds is 6. The van der Waals surface area contributed by atoms with Crippen LogP contribution in [0.1, 0.15) is 60.3 Å². The smallest absolute Gasteiger partial charge is 0.229 e. The van der Waals surface area contributed by atoms with Crippen LogP contribution in [-0.2, 0) is 0 Å². The molecule has 0 bridgehead atoms. The maximum absolute atomic E-state index is 7.27. The van der Waals surface area contributed by atoms with Gasteiger partial charge < -0.3 is 4.85 Å². The Morgan fingerprint density at radius 2 is 1.36 bits per heavy atom. The molecule has 0 aromatic heterocycles.